The zero-order valence-corrected chi connectivity index (χ0v) is 20.8. The number of carbonyl (C=O) groups excluding carboxylic acids is 1. The summed E-state index contributed by atoms with van der Waals surface area (Å²) in [4.78, 5) is 27.7. The van der Waals surface area contributed by atoms with Gasteiger partial charge >= 0.3 is 5.69 Å². The van der Waals surface area contributed by atoms with Gasteiger partial charge in [-0.25, -0.2) is 13.4 Å². The van der Waals surface area contributed by atoms with Crippen LogP contribution in [0.1, 0.15) is 28.1 Å². The van der Waals surface area contributed by atoms with Gasteiger partial charge in [0.15, 0.2) is 0 Å². The van der Waals surface area contributed by atoms with Crippen molar-refractivity contribution in [2.24, 2.45) is 0 Å². The molecule has 13 heteroatoms. The van der Waals surface area contributed by atoms with E-state index in [4.69, 9.17) is 11.6 Å². The minimum Gasteiger partial charge on any atom is -0.362 e. The van der Waals surface area contributed by atoms with Gasteiger partial charge in [-0.1, -0.05) is 11.6 Å². The maximum Gasteiger partial charge on any atom is 0.311 e. The number of hydrogen-bond donors (Lipinski definition) is 2. The molecule has 0 bridgehead atoms. The Kier molecular flexibility index (Phi) is 7.65. The number of carbonyl (C=O) groups is 1. The van der Waals surface area contributed by atoms with E-state index in [0.29, 0.717) is 28.3 Å². The zero-order valence-electron chi connectivity index (χ0n) is 18.4. The summed E-state index contributed by atoms with van der Waals surface area (Å²) in [7, 11) is -3.68. The molecule has 0 spiro atoms. The van der Waals surface area contributed by atoms with E-state index in [1.54, 1.807) is 36.4 Å². The van der Waals surface area contributed by atoms with Gasteiger partial charge in [-0.3, -0.25) is 14.9 Å². The molecule has 4 rings (SSSR count). The van der Waals surface area contributed by atoms with Gasteiger partial charge in [0, 0.05) is 46.9 Å². The highest BCUT2D eigenvalue weighted by atomic mass is 35.5. The second kappa shape index (κ2) is 10.7. The molecule has 1 amide bonds. The summed E-state index contributed by atoms with van der Waals surface area (Å²) in [5.74, 6) is -0.0930. The molecule has 1 aliphatic heterocycles. The number of nitrogens with zero attached hydrogens (tertiary/aromatic N) is 3. The SMILES string of the molecule is O=C(NCc1ccc(S(=O)(=O)N2CCC(Nc3ncccc3[N+](=O)[O-])CC2)s1)c1ccc(Cl)cc1. The highest BCUT2D eigenvalue weighted by molar-refractivity contribution is 7.91. The molecular weight excluding hydrogens is 514 g/mol. The Bertz CT molecular complexity index is 1320. The maximum atomic E-state index is 13.1. The first-order valence-electron chi connectivity index (χ1n) is 10.7. The number of thiophene rings is 1. The quantitative estimate of drug-likeness (QED) is 0.330. The van der Waals surface area contributed by atoms with Crippen molar-refractivity contribution in [2.45, 2.75) is 29.6 Å². The van der Waals surface area contributed by atoms with Crippen LogP contribution >= 0.6 is 22.9 Å². The third kappa shape index (κ3) is 5.96. The number of aromatic nitrogens is 1. The number of piperidine rings is 1. The van der Waals surface area contributed by atoms with Crippen LogP contribution in [0.2, 0.25) is 5.02 Å². The molecule has 2 N–H and O–H groups in total. The summed E-state index contributed by atoms with van der Waals surface area (Å²) in [6.07, 6.45) is 2.45. The number of amides is 1. The van der Waals surface area contributed by atoms with Crippen LogP contribution < -0.4 is 10.6 Å². The highest BCUT2D eigenvalue weighted by Gasteiger charge is 2.31. The monoisotopic (exact) mass is 535 g/mol. The average Bonchev–Trinajstić information content (AvgIpc) is 3.34. The Hall–Kier alpha value is -3.06. The van der Waals surface area contributed by atoms with Crippen molar-refractivity contribution in [3.8, 4) is 0 Å². The molecular formula is C22H22ClN5O5S2. The van der Waals surface area contributed by atoms with Crippen LogP contribution in [0.25, 0.3) is 0 Å². The molecule has 0 atom stereocenters. The Balaban J connectivity index is 1.33. The fourth-order valence-electron chi connectivity index (χ4n) is 3.68. The van der Waals surface area contributed by atoms with Gasteiger partial charge in [0.05, 0.1) is 11.5 Å². The molecule has 1 saturated heterocycles. The van der Waals surface area contributed by atoms with Gasteiger partial charge < -0.3 is 10.6 Å². The zero-order chi connectivity index (χ0) is 25.0. The van der Waals surface area contributed by atoms with Gasteiger partial charge in [0.2, 0.25) is 5.82 Å². The summed E-state index contributed by atoms with van der Waals surface area (Å²) < 4.78 is 27.9. The molecule has 1 aliphatic rings. The number of nitro groups is 1. The van der Waals surface area contributed by atoms with Gasteiger partial charge in [-0.05, 0) is 55.3 Å². The second-order valence-corrected chi connectivity index (χ2v) is 11.6. The van der Waals surface area contributed by atoms with Crippen LogP contribution in [0.4, 0.5) is 11.5 Å². The fraction of sp³-hybridized carbons (Fsp3) is 0.273. The molecule has 2 aromatic heterocycles. The Labute approximate surface area is 211 Å². The van der Waals surface area contributed by atoms with E-state index in [9.17, 15) is 23.3 Å². The minimum absolute atomic E-state index is 0.114. The van der Waals surface area contributed by atoms with E-state index >= 15 is 0 Å². The van der Waals surface area contributed by atoms with Gasteiger partial charge in [0.1, 0.15) is 4.21 Å². The molecule has 3 heterocycles. The molecule has 10 nitrogen and oxygen atoms in total. The molecule has 35 heavy (non-hydrogen) atoms. The van der Waals surface area contributed by atoms with Crippen LogP contribution in [-0.2, 0) is 16.6 Å². The van der Waals surface area contributed by atoms with Gasteiger partial charge in [0.25, 0.3) is 15.9 Å². The lowest BCUT2D eigenvalue weighted by Gasteiger charge is -2.31. The van der Waals surface area contributed by atoms with Crippen molar-refractivity contribution < 1.29 is 18.1 Å². The van der Waals surface area contributed by atoms with Gasteiger partial charge in [-0.15, -0.1) is 11.3 Å². The lowest BCUT2D eigenvalue weighted by atomic mass is 10.1. The van der Waals surface area contributed by atoms with Crippen LogP contribution in [-0.4, -0.2) is 47.7 Å². The van der Waals surface area contributed by atoms with E-state index in [1.165, 1.54) is 22.6 Å². The molecule has 0 radical (unpaired) electrons. The maximum absolute atomic E-state index is 13.1. The highest BCUT2D eigenvalue weighted by Crippen LogP contribution is 2.29. The number of rotatable bonds is 8. The molecule has 0 saturated carbocycles. The number of nitrogens with one attached hydrogen (secondary N) is 2. The largest absolute Gasteiger partial charge is 0.362 e. The molecule has 1 fully saturated rings. The third-order valence-corrected chi connectivity index (χ3v) is 9.24. The summed E-state index contributed by atoms with van der Waals surface area (Å²) >= 11 is 6.95. The van der Waals surface area contributed by atoms with E-state index in [0.717, 1.165) is 11.3 Å². The first-order chi connectivity index (χ1) is 16.7. The summed E-state index contributed by atoms with van der Waals surface area (Å²) in [5.41, 5.74) is 0.350. The van der Waals surface area contributed by atoms with Crippen LogP contribution in [0.15, 0.2) is 58.9 Å². The normalized spacial score (nSPS) is 15.0. The first-order valence-corrected chi connectivity index (χ1v) is 13.4. The van der Waals surface area contributed by atoms with E-state index in [1.807, 2.05) is 0 Å². The van der Waals surface area contributed by atoms with Crippen LogP contribution in [0, 0.1) is 10.1 Å². The molecule has 3 aromatic rings. The topological polar surface area (TPSA) is 135 Å². The Morgan fingerprint density at radius 1 is 1.17 bits per heavy atom. The lowest BCUT2D eigenvalue weighted by molar-refractivity contribution is -0.384. The van der Waals surface area contributed by atoms with Crippen molar-refractivity contribution in [3.05, 3.63) is 80.3 Å². The second-order valence-electron chi connectivity index (χ2n) is 7.86. The van der Waals surface area contributed by atoms with E-state index in [2.05, 4.69) is 15.6 Å². The fourth-order valence-corrected chi connectivity index (χ4v) is 6.72. The third-order valence-electron chi connectivity index (χ3n) is 5.54. The van der Waals surface area contributed by atoms with E-state index < -0.39 is 14.9 Å². The summed E-state index contributed by atoms with van der Waals surface area (Å²) in [5, 5.41) is 17.6. The number of hydrogen-bond acceptors (Lipinski definition) is 8. The Morgan fingerprint density at radius 2 is 1.89 bits per heavy atom. The number of halogens is 1. The van der Waals surface area contributed by atoms with Crippen molar-refractivity contribution in [2.75, 3.05) is 18.4 Å². The number of benzene rings is 1. The molecule has 0 unspecified atom stereocenters. The smallest absolute Gasteiger partial charge is 0.311 e. The standard InChI is InChI=1S/C22H22ClN5O5S2/c23-16-5-3-15(4-6-16)22(29)25-14-18-7-8-20(34-18)35(32,33)27-12-9-17(10-13-27)26-21-19(28(30)31)2-1-11-24-21/h1-8,11,17H,9-10,12-14H2,(H,24,26)(H,25,29). The predicted molar refractivity (Wildman–Crippen MR) is 133 cm³/mol. The number of anilines is 1. The van der Waals surface area contributed by atoms with E-state index in [-0.39, 0.29) is 47.3 Å². The molecule has 184 valence electrons. The minimum atomic E-state index is -3.68. The van der Waals surface area contributed by atoms with Crippen molar-refractivity contribution in [1.29, 1.82) is 0 Å². The summed E-state index contributed by atoms with van der Waals surface area (Å²) in [6, 6.07) is 12.5. The lowest BCUT2D eigenvalue weighted by Crippen LogP contribution is -2.42. The Morgan fingerprint density at radius 3 is 2.57 bits per heavy atom. The molecule has 0 aliphatic carbocycles. The van der Waals surface area contributed by atoms with Gasteiger partial charge in [-0.2, -0.15) is 4.31 Å². The summed E-state index contributed by atoms with van der Waals surface area (Å²) in [6.45, 7) is 0.763. The van der Waals surface area contributed by atoms with Crippen molar-refractivity contribution in [1.82, 2.24) is 14.6 Å². The predicted octanol–water partition coefficient (Wildman–Crippen LogP) is 3.90. The van der Waals surface area contributed by atoms with Crippen LogP contribution in [0.5, 0.6) is 0 Å². The van der Waals surface area contributed by atoms with Crippen LogP contribution in [0.3, 0.4) is 0 Å². The number of sulfonamides is 1. The van der Waals surface area contributed by atoms with Crippen molar-refractivity contribution in [3.63, 3.8) is 0 Å². The average molecular weight is 536 g/mol. The number of pyridine rings is 1. The van der Waals surface area contributed by atoms with Crippen molar-refractivity contribution >= 4 is 50.4 Å². The molecule has 1 aromatic carbocycles. The first kappa shape index (κ1) is 25.0.